The van der Waals surface area contributed by atoms with Gasteiger partial charge in [0, 0.05) is 18.8 Å². The van der Waals surface area contributed by atoms with Gasteiger partial charge in [0.1, 0.15) is 12.2 Å². The van der Waals surface area contributed by atoms with E-state index in [2.05, 4.69) is 114 Å². The Morgan fingerprint density at radius 2 is 1.54 bits per heavy atom. The molecule has 0 saturated carbocycles. The summed E-state index contributed by atoms with van der Waals surface area (Å²) in [6.45, 7) is 31.2. The van der Waals surface area contributed by atoms with Crippen molar-refractivity contribution >= 4 is 28.6 Å². The molecule has 8 heteroatoms. The molecule has 264 valence electrons. The van der Waals surface area contributed by atoms with Crippen molar-refractivity contribution in [3.63, 3.8) is 0 Å². The second-order valence-electron chi connectivity index (χ2n) is 18.0. The molecule has 8 atom stereocenters. The minimum Gasteiger partial charge on any atom is -0.462 e. The third kappa shape index (κ3) is 9.26. The molecule has 0 radical (unpaired) electrons. The van der Waals surface area contributed by atoms with E-state index in [1.54, 1.807) is 0 Å². The van der Waals surface area contributed by atoms with Crippen molar-refractivity contribution in [3.8, 4) is 0 Å². The lowest BCUT2D eigenvalue weighted by atomic mass is 9.66. The monoisotopic (exact) mass is 676 g/mol. The van der Waals surface area contributed by atoms with Gasteiger partial charge in [-0.25, -0.2) is 0 Å². The van der Waals surface area contributed by atoms with Gasteiger partial charge < -0.3 is 18.3 Å². The molecule has 0 aromatic heterocycles. The van der Waals surface area contributed by atoms with E-state index < -0.39 is 22.0 Å². The first kappa shape index (κ1) is 39.2. The van der Waals surface area contributed by atoms with Gasteiger partial charge in [-0.05, 0) is 86.3 Å². The van der Waals surface area contributed by atoms with Gasteiger partial charge in [0.25, 0.3) is 0 Å². The van der Waals surface area contributed by atoms with Gasteiger partial charge in [0.05, 0.1) is 24.0 Å². The molecule has 0 aromatic carbocycles. The number of ether oxygens (including phenoxy) is 2. The lowest BCUT2D eigenvalue weighted by Gasteiger charge is -2.46. The van der Waals surface area contributed by atoms with Crippen LogP contribution in [0.5, 0.6) is 0 Å². The Morgan fingerprint density at radius 3 is 2.11 bits per heavy atom. The van der Waals surface area contributed by atoms with Gasteiger partial charge in [0.2, 0.25) is 0 Å². The van der Waals surface area contributed by atoms with Crippen molar-refractivity contribution in [2.75, 3.05) is 0 Å². The van der Waals surface area contributed by atoms with E-state index in [0.29, 0.717) is 18.8 Å². The molecule has 0 unspecified atom stereocenters. The minimum atomic E-state index is -2.05. The Bertz CT molecular complexity index is 1130. The van der Waals surface area contributed by atoms with E-state index in [9.17, 15) is 9.59 Å². The summed E-state index contributed by atoms with van der Waals surface area (Å²) >= 11 is 0. The molecule has 1 saturated heterocycles. The number of hydrogen-bond donors (Lipinski definition) is 0. The van der Waals surface area contributed by atoms with Gasteiger partial charge in [-0.2, -0.15) is 0 Å². The quantitative estimate of drug-likeness (QED) is 0.151. The van der Waals surface area contributed by atoms with E-state index >= 15 is 0 Å². The minimum absolute atomic E-state index is 0.0815. The summed E-state index contributed by atoms with van der Waals surface area (Å²) in [5.74, 6) is 0.434. The first-order chi connectivity index (χ1) is 21.0. The van der Waals surface area contributed by atoms with Crippen molar-refractivity contribution in [3.05, 3.63) is 23.8 Å². The zero-order valence-electron chi connectivity index (χ0n) is 31.9. The fourth-order valence-electron chi connectivity index (χ4n) is 6.95. The van der Waals surface area contributed by atoms with Crippen LogP contribution in [0, 0.1) is 23.2 Å². The smallest absolute Gasteiger partial charge is 0.312 e. The first-order valence-electron chi connectivity index (χ1n) is 18.2. The molecule has 3 rings (SSSR count). The topological polar surface area (TPSA) is 71.1 Å². The molecule has 46 heavy (non-hydrogen) atoms. The molecule has 2 aliphatic carbocycles. The maximum absolute atomic E-state index is 13.9. The van der Waals surface area contributed by atoms with Crippen LogP contribution in [0.3, 0.4) is 0 Å². The highest BCUT2D eigenvalue weighted by Gasteiger charge is 2.47. The molecular weight excluding hydrogens is 609 g/mol. The highest BCUT2D eigenvalue weighted by atomic mass is 28.4. The number of cyclic esters (lactones) is 1. The number of esters is 2. The molecule has 3 aliphatic rings. The average molecular weight is 677 g/mol. The van der Waals surface area contributed by atoms with Gasteiger partial charge in [-0.1, -0.05) is 87.0 Å². The summed E-state index contributed by atoms with van der Waals surface area (Å²) in [6, 6.07) is 0. The van der Waals surface area contributed by atoms with Crippen LogP contribution in [-0.2, 0) is 27.9 Å². The van der Waals surface area contributed by atoms with E-state index in [-0.39, 0.29) is 58.3 Å². The van der Waals surface area contributed by atoms with Crippen LogP contribution < -0.4 is 0 Å². The average Bonchev–Trinajstić information content (AvgIpc) is 2.90. The Hall–Kier alpha value is -1.23. The summed E-state index contributed by atoms with van der Waals surface area (Å²) in [7, 11) is -4.06. The zero-order chi connectivity index (χ0) is 34.9. The molecule has 1 fully saturated rings. The van der Waals surface area contributed by atoms with Crippen LogP contribution in [0.25, 0.3) is 0 Å². The lowest BCUT2D eigenvalue weighted by molar-refractivity contribution is -0.167. The Labute approximate surface area is 284 Å². The predicted octanol–water partition coefficient (Wildman–Crippen LogP) is 10.1. The fourth-order valence-corrected chi connectivity index (χ4v) is 9.59. The molecule has 1 heterocycles. The number of carbonyl (C=O) groups is 2. The molecule has 0 aromatic rings. The van der Waals surface area contributed by atoms with Crippen molar-refractivity contribution < 1.29 is 27.9 Å². The Morgan fingerprint density at radius 1 is 0.935 bits per heavy atom. The maximum Gasteiger partial charge on any atom is 0.312 e. The molecule has 0 amide bonds. The zero-order valence-corrected chi connectivity index (χ0v) is 33.9. The maximum atomic E-state index is 13.9. The highest BCUT2D eigenvalue weighted by molar-refractivity contribution is 6.74. The van der Waals surface area contributed by atoms with Crippen molar-refractivity contribution in [1.29, 1.82) is 0 Å². The van der Waals surface area contributed by atoms with Crippen LogP contribution in [0.15, 0.2) is 23.8 Å². The van der Waals surface area contributed by atoms with Crippen LogP contribution in [0.4, 0.5) is 0 Å². The van der Waals surface area contributed by atoms with Gasteiger partial charge in [-0.15, -0.1) is 0 Å². The van der Waals surface area contributed by atoms with Crippen LogP contribution in [-0.4, -0.2) is 53.0 Å². The first-order valence-corrected chi connectivity index (χ1v) is 24.0. The van der Waals surface area contributed by atoms with E-state index in [4.69, 9.17) is 18.3 Å². The molecular formula is C38H68O6Si2. The second-order valence-corrected chi connectivity index (χ2v) is 27.5. The van der Waals surface area contributed by atoms with E-state index in [1.807, 2.05) is 0 Å². The summed E-state index contributed by atoms with van der Waals surface area (Å²) in [4.78, 5) is 26.6. The number of rotatable bonds is 12. The highest BCUT2D eigenvalue weighted by Crippen LogP contribution is 2.47. The fraction of sp³-hybridized carbons (Fsp3) is 0.842. The van der Waals surface area contributed by atoms with Gasteiger partial charge in [0.15, 0.2) is 16.6 Å². The lowest BCUT2D eigenvalue weighted by Crippen LogP contribution is -2.49. The number of fused-ring (bicyclic) bond motifs is 1. The van der Waals surface area contributed by atoms with Crippen molar-refractivity contribution in [2.24, 2.45) is 23.2 Å². The number of hydrogen-bond acceptors (Lipinski definition) is 6. The molecule has 6 nitrogen and oxygen atoms in total. The summed E-state index contributed by atoms with van der Waals surface area (Å²) in [6.07, 6.45) is 12.2. The summed E-state index contributed by atoms with van der Waals surface area (Å²) in [5.41, 5.74) is 0.733. The molecule has 0 spiro atoms. The summed E-state index contributed by atoms with van der Waals surface area (Å²) < 4.78 is 26.2. The molecule has 0 N–H and O–H groups in total. The largest absolute Gasteiger partial charge is 0.462 e. The molecule has 1 aliphatic heterocycles. The van der Waals surface area contributed by atoms with Crippen molar-refractivity contribution in [1.82, 2.24) is 0 Å². The van der Waals surface area contributed by atoms with Crippen LogP contribution in [0.2, 0.25) is 36.3 Å². The van der Waals surface area contributed by atoms with E-state index in [0.717, 1.165) is 38.5 Å². The van der Waals surface area contributed by atoms with Gasteiger partial charge >= 0.3 is 11.9 Å². The van der Waals surface area contributed by atoms with Crippen LogP contribution >= 0.6 is 0 Å². The Balaban J connectivity index is 1.87. The third-order valence-electron chi connectivity index (χ3n) is 12.3. The molecule has 0 bridgehead atoms. The van der Waals surface area contributed by atoms with Gasteiger partial charge in [-0.3, -0.25) is 9.59 Å². The second kappa shape index (κ2) is 14.7. The standard InChI is InChI=1S/C38H68O6Si2/c1-15-21-38(10,16-2)35(40)42-32-24-29(43-45(11,12)36(4,5)6)22-27-18-17-26(3)31(34(27)32)20-19-28-23-30(25-33(39)41-28)44-46(13,14)37(7,8)9/h17-18,22,26,28-32,34H,15-16,19-21,23-25H2,1-14H3/t26-,28+,29+,30+,31-,32-,34-,38-/m0/s1. The SMILES string of the molecule is CCC[C@](C)(CC)C(=O)O[C@H]1C[C@H](O[Si](C)(C)C(C)(C)C)C=C2C=C[C@H](C)[C@H](CC[C@@H]3C[C@@H](O[Si](C)(C)C(C)(C)C)CC(=O)O3)[C@H]21. The third-order valence-corrected chi connectivity index (χ3v) is 21.3. The normalized spacial score (nSPS) is 30.6. The summed E-state index contributed by atoms with van der Waals surface area (Å²) in [5, 5.41) is 0.167. The predicted molar refractivity (Wildman–Crippen MR) is 194 cm³/mol. The van der Waals surface area contributed by atoms with E-state index in [1.165, 1.54) is 5.57 Å². The van der Waals surface area contributed by atoms with Crippen LogP contribution in [0.1, 0.15) is 121 Å². The Kier molecular flexibility index (Phi) is 12.5. The number of allylic oxidation sites excluding steroid dienone is 2. The number of carbonyl (C=O) groups excluding carboxylic acids is 2. The van der Waals surface area contributed by atoms with Crippen molar-refractivity contribution in [2.45, 2.75) is 181 Å².